The minimum Gasteiger partial charge on any atom is -0.369 e. The topological polar surface area (TPSA) is 68.2 Å². The van der Waals surface area contributed by atoms with Crippen molar-refractivity contribution in [1.82, 2.24) is 14.6 Å². The molecule has 0 fully saturated rings. The zero-order valence-corrected chi connectivity index (χ0v) is 13.4. The predicted octanol–water partition coefficient (Wildman–Crippen LogP) is 2.96. The summed E-state index contributed by atoms with van der Waals surface area (Å²) >= 11 is 0. The van der Waals surface area contributed by atoms with Gasteiger partial charge in [-0.1, -0.05) is 27.2 Å². The summed E-state index contributed by atoms with van der Waals surface area (Å²) in [6.07, 6.45) is 4.29. The highest BCUT2D eigenvalue weighted by Gasteiger charge is 2.14. The lowest BCUT2D eigenvalue weighted by molar-refractivity contribution is 0.616. The normalized spacial score (nSPS) is 11.5. The Morgan fingerprint density at radius 1 is 1.24 bits per heavy atom. The van der Waals surface area contributed by atoms with E-state index in [2.05, 4.69) is 38.2 Å². The Balaban J connectivity index is 2.45. The van der Waals surface area contributed by atoms with E-state index in [1.54, 1.807) is 0 Å². The Kier molecular flexibility index (Phi) is 5.56. The highest BCUT2D eigenvalue weighted by Crippen LogP contribution is 2.24. The van der Waals surface area contributed by atoms with E-state index in [9.17, 15) is 0 Å². The van der Waals surface area contributed by atoms with Crippen LogP contribution < -0.4 is 11.1 Å². The molecule has 2 heterocycles. The molecule has 0 radical (unpaired) electrons. The molecule has 0 aliphatic heterocycles. The molecule has 0 amide bonds. The standard InChI is InChI=1S/C16H27N5/c1-4-7-13-10-15(18-9-8-17)21-16(19-13)11-14(20-21)12(5-2)6-3/h10-12,18H,4-9,17H2,1-3H3. The average molecular weight is 289 g/mol. The van der Waals surface area contributed by atoms with E-state index in [-0.39, 0.29) is 0 Å². The number of rotatable bonds is 8. The Hall–Kier alpha value is -1.62. The monoisotopic (exact) mass is 289 g/mol. The molecule has 0 spiro atoms. The second-order valence-electron chi connectivity index (χ2n) is 5.45. The Morgan fingerprint density at radius 2 is 2.00 bits per heavy atom. The van der Waals surface area contributed by atoms with Crippen LogP contribution in [0.15, 0.2) is 12.1 Å². The van der Waals surface area contributed by atoms with Gasteiger partial charge in [0.1, 0.15) is 5.82 Å². The number of hydrogen-bond acceptors (Lipinski definition) is 4. The van der Waals surface area contributed by atoms with Gasteiger partial charge < -0.3 is 11.1 Å². The number of nitrogens with one attached hydrogen (secondary N) is 1. The quantitative estimate of drug-likeness (QED) is 0.784. The number of nitrogens with two attached hydrogens (primary N) is 1. The van der Waals surface area contributed by atoms with E-state index < -0.39 is 0 Å². The SMILES string of the molecule is CCCc1cc(NCCN)n2nc(C(CC)CC)cc2n1. The minimum absolute atomic E-state index is 0.503. The van der Waals surface area contributed by atoms with Gasteiger partial charge in [-0.05, 0) is 19.3 Å². The van der Waals surface area contributed by atoms with E-state index in [1.807, 2.05) is 4.52 Å². The maximum absolute atomic E-state index is 5.61. The first-order chi connectivity index (χ1) is 10.2. The summed E-state index contributed by atoms with van der Waals surface area (Å²) < 4.78 is 1.92. The van der Waals surface area contributed by atoms with E-state index >= 15 is 0 Å². The fraction of sp³-hybridized carbons (Fsp3) is 0.625. The maximum atomic E-state index is 5.61. The number of aryl methyl sites for hydroxylation is 1. The van der Waals surface area contributed by atoms with Crippen LogP contribution in [0, 0.1) is 0 Å². The summed E-state index contributed by atoms with van der Waals surface area (Å²) in [4.78, 5) is 4.73. The fourth-order valence-corrected chi connectivity index (χ4v) is 2.66. The van der Waals surface area contributed by atoms with Gasteiger partial charge in [0.2, 0.25) is 0 Å². The zero-order valence-electron chi connectivity index (χ0n) is 13.4. The number of aromatic nitrogens is 3. The van der Waals surface area contributed by atoms with E-state index in [1.165, 1.54) is 0 Å². The van der Waals surface area contributed by atoms with Crippen LogP contribution in [0.3, 0.4) is 0 Å². The van der Waals surface area contributed by atoms with Gasteiger partial charge in [0.15, 0.2) is 5.65 Å². The van der Waals surface area contributed by atoms with Crippen LogP contribution in [0.2, 0.25) is 0 Å². The van der Waals surface area contributed by atoms with Crippen LogP contribution in [0.5, 0.6) is 0 Å². The van der Waals surface area contributed by atoms with E-state index in [0.29, 0.717) is 12.5 Å². The molecule has 2 rings (SSSR count). The molecule has 0 aliphatic rings. The van der Waals surface area contributed by atoms with Crippen molar-refractivity contribution in [3.05, 3.63) is 23.5 Å². The second kappa shape index (κ2) is 7.41. The Morgan fingerprint density at radius 3 is 2.62 bits per heavy atom. The van der Waals surface area contributed by atoms with Crippen LogP contribution in [-0.2, 0) is 6.42 Å². The van der Waals surface area contributed by atoms with Gasteiger partial charge >= 0.3 is 0 Å². The zero-order chi connectivity index (χ0) is 15.2. The van der Waals surface area contributed by atoms with E-state index in [4.69, 9.17) is 15.8 Å². The van der Waals surface area contributed by atoms with Crippen molar-refractivity contribution in [3.8, 4) is 0 Å². The Labute approximate surface area is 126 Å². The molecule has 3 N–H and O–H groups in total. The third kappa shape index (κ3) is 3.53. The molecule has 0 unspecified atom stereocenters. The van der Waals surface area contributed by atoms with Crippen LogP contribution in [0.1, 0.15) is 57.3 Å². The molecule has 0 bridgehead atoms. The molecule has 0 aromatic carbocycles. The average Bonchev–Trinajstić information content (AvgIpc) is 2.90. The van der Waals surface area contributed by atoms with Crippen molar-refractivity contribution in [2.75, 3.05) is 18.4 Å². The first kappa shape index (κ1) is 15.8. The van der Waals surface area contributed by atoms with Gasteiger partial charge in [-0.25, -0.2) is 4.98 Å². The lowest BCUT2D eigenvalue weighted by atomic mass is 10.00. The van der Waals surface area contributed by atoms with Crippen molar-refractivity contribution in [1.29, 1.82) is 0 Å². The minimum atomic E-state index is 0.503. The first-order valence-corrected chi connectivity index (χ1v) is 8.06. The molecule has 21 heavy (non-hydrogen) atoms. The molecule has 0 saturated carbocycles. The fourth-order valence-electron chi connectivity index (χ4n) is 2.66. The van der Waals surface area contributed by atoms with Crippen molar-refractivity contribution in [2.24, 2.45) is 5.73 Å². The van der Waals surface area contributed by atoms with Gasteiger partial charge in [0.05, 0.1) is 5.69 Å². The predicted molar refractivity (Wildman–Crippen MR) is 87.8 cm³/mol. The third-order valence-corrected chi connectivity index (χ3v) is 3.86. The third-order valence-electron chi connectivity index (χ3n) is 3.86. The van der Waals surface area contributed by atoms with Gasteiger partial charge in [0, 0.05) is 36.8 Å². The summed E-state index contributed by atoms with van der Waals surface area (Å²) in [5, 5.41) is 8.12. The van der Waals surface area contributed by atoms with Crippen LogP contribution in [0.4, 0.5) is 5.82 Å². The van der Waals surface area contributed by atoms with Crippen molar-refractivity contribution in [2.45, 2.75) is 52.4 Å². The molecule has 5 heteroatoms. The lowest BCUT2D eigenvalue weighted by Crippen LogP contribution is -2.16. The van der Waals surface area contributed by atoms with Gasteiger partial charge in [-0.3, -0.25) is 0 Å². The summed E-state index contributed by atoms with van der Waals surface area (Å²) in [6, 6.07) is 4.22. The van der Waals surface area contributed by atoms with Gasteiger partial charge in [0.25, 0.3) is 0 Å². The lowest BCUT2D eigenvalue weighted by Gasteiger charge is -2.10. The van der Waals surface area contributed by atoms with Crippen LogP contribution in [-0.4, -0.2) is 27.7 Å². The van der Waals surface area contributed by atoms with Crippen molar-refractivity contribution >= 4 is 11.5 Å². The Bertz CT molecular complexity index is 571. The number of fused-ring (bicyclic) bond motifs is 1. The molecule has 0 atom stereocenters. The summed E-state index contributed by atoms with van der Waals surface area (Å²) in [6.45, 7) is 7.94. The van der Waals surface area contributed by atoms with Crippen LogP contribution in [0.25, 0.3) is 5.65 Å². The largest absolute Gasteiger partial charge is 0.369 e. The van der Waals surface area contributed by atoms with Crippen molar-refractivity contribution in [3.63, 3.8) is 0 Å². The first-order valence-electron chi connectivity index (χ1n) is 8.06. The van der Waals surface area contributed by atoms with E-state index in [0.717, 1.165) is 55.1 Å². The molecule has 0 aliphatic carbocycles. The molecule has 2 aromatic heterocycles. The maximum Gasteiger partial charge on any atom is 0.157 e. The number of hydrogen-bond donors (Lipinski definition) is 2. The second-order valence-corrected chi connectivity index (χ2v) is 5.45. The van der Waals surface area contributed by atoms with Crippen LogP contribution >= 0.6 is 0 Å². The smallest absolute Gasteiger partial charge is 0.157 e. The number of anilines is 1. The summed E-state index contributed by atoms with van der Waals surface area (Å²) in [5.41, 5.74) is 8.79. The summed E-state index contributed by atoms with van der Waals surface area (Å²) in [7, 11) is 0. The molecular formula is C16H27N5. The molecule has 2 aromatic rings. The van der Waals surface area contributed by atoms with Crippen molar-refractivity contribution < 1.29 is 0 Å². The molecule has 5 nitrogen and oxygen atoms in total. The molecular weight excluding hydrogens is 262 g/mol. The highest BCUT2D eigenvalue weighted by molar-refractivity contribution is 5.51. The number of nitrogens with zero attached hydrogens (tertiary/aromatic N) is 3. The highest BCUT2D eigenvalue weighted by atomic mass is 15.3. The van der Waals surface area contributed by atoms with Gasteiger partial charge in [-0.2, -0.15) is 9.61 Å². The molecule has 116 valence electrons. The summed E-state index contributed by atoms with van der Waals surface area (Å²) in [5.74, 6) is 1.50. The van der Waals surface area contributed by atoms with Gasteiger partial charge in [-0.15, -0.1) is 0 Å². The molecule has 0 saturated heterocycles.